The molecule has 0 aliphatic rings. The third-order valence-electron chi connectivity index (χ3n) is 2.56. The lowest BCUT2D eigenvalue weighted by Gasteiger charge is -2.12. The minimum Gasteiger partial charge on any atom is -0.437 e. The molecule has 7 heteroatoms. The number of aromatic nitrogens is 2. The number of rotatable bonds is 4. The Hall–Kier alpha value is -1.23. The van der Waals surface area contributed by atoms with Gasteiger partial charge in [0.2, 0.25) is 5.88 Å². The maximum atomic E-state index is 6.08. The molecule has 0 aliphatic carbocycles. The zero-order valence-corrected chi connectivity index (χ0v) is 13.1. The molecule has 0 amide bonds. The summed E-state index contributed by atoms with van der Waals surface area (Å²) in [5, 5.41) is 4.23. The highest BCUT2D eigenvalue weighted by Crippen LogP contribution is 2.37. The number of ether oxygens (including phenoxy) is 1. The van der Waals surface area contributed by atoms with Gasteiger partial charge in [-0.3, -0.25) is 0 Å². The van der Waals surface area contributed by atoms with E-state index < -0.39 is 0 Å². The van der Waals surface area contributed by atoms with Crippen molar-refractivity contribution in [2.75, 3.05) is 11.9 Å². The molecule has 0 saturated heterocycles. The summed E-state index contributed by atoms with van der Waals surface area (Å²) in [4.78, 5) is 8.24. The Bertz CT molecular complexity index is 634. The van der Waals surface area contributed by atoms with Crippen LogP contribution in [0.3, 0.4) is 0 Å². The molecular weight excluding hydrogens is 321 g/mol. The lowest BCUT2D eigenvalue weighted by atomic mass is 10.3. The molecule has 2 rings (SSSR count). The molecule has 0 bridgehead atoms. The number of hydrogen-bond acceptors (Lipinski definition) is 4. The topological polar surface area (TPSA) is 47.0 Å². The predicted molar refractivity (Wildman–Crippen MR) is 82.5 cm³/mol. The van der Waals surface area contributed by atoms with Crippen LogP contribution in [0, 0.1) is 6.92 Å². The Balaban J connectivity index is 2.35. The summed E-state index contributed by atoms with van der Waals surface area (Å²) in [6.07, 6.45) is 1.42. The van der Waals surface area contributed by atoms with E-state index in [-0.39, 0.29) is 0 Å². The summed E-state index contributed by atoms with van der Waals surface area (Å²) in [6, 6.07) is 3.09. The molecule has 4 nitrogen and oxygen atoms in total. The SMILES string of the molecule is CCNc1ncnc(Oc2cc(Cl)c(Cl)cc2Cl)c1C. The summed E-state index contributed by atoms with van der Waals surface area (Å²) in [5.74, 6) is 1.52. The average Bonchev–Trinajstić information content (AvgIpc) is 2.40. The first-order valence-corrected chi connectivity index (χ1v) is 7.04. The standard InChI is InChI=1S/C13H12Cl3N3O/c1-3-17-12-7(2)13(19-6-18-12)20-11-5-9(15)8(14)4-10(11)16/h4-6H,3H2,1-2H3,(H,17,18,19). The van der Waals surface area contributed by atoms with Crippen LogP contribution in [0.25, 0.3) is 0 Å². The Labute approximate surface area is 132 Å². The van der Waals surface area contributed by atoms with Crippen LogP contribution in [0.15, 0.2) is 18.5 Å². The summed E-state index contributed by atoms with van der Waals surface area (Å²) in [6.45, 7) is 4.60. The van der Waals surface area contributed by atoms with Gasteiger partial charge in [-0.2, -0.15) is 0 Å². The van der Waals surface area contributed by atoms with E-state index in [2.05, 4.69) is 15.3 Å². The highest BCUT2D eigenvalue weighted by atomic mass is 35.5. The fourth-order valence-corrected chi connectivity index (χ4v) is 2.14. The highest BCUT2D eigenvalue weighted by molar-refractivity contribution is 6.43. The van der Waals surface area contributed by atoms with Crippen LogP contribution in [0.1, 0.15) is 12.5 Å². The lowest BCUT2D eigenvalue weighted by molar-refractivity contribution is 0.458. The molecule has 0 radical (unpaired) electrons. The van der Waals surface area contributed by atoms with Gasteiger partial charge in [-0.05, 0) is 19.9 Å². The Morgan fingerprint density at radius 1 is 1.10 bits per heavy atom. The molecule has 1 aromatic carbocycles. The first kappa shape index (κ1) is 15.2. The number of nitrogens with one attached hydrogen (secondary N) is 1. The van der Waals surface area contributed by atoms with Crippen LogP contribution in [-0.2, 0) is 0 Å². The second-order valence-electron chi connectivity index (χ2n) is 3.98. The van der Waals surface area contributed by atoms with Crippen molar-refractivity contribution in [3.63, 3.8) is 0 Å². The predicted octanol–water partition coefficient (Wildman–Crippen LogP) is 4.97. The molecule has 0 saturated carbocycles. The molecule has 0 unspecified atom stereocenters. The van der Waals surface area contributed by atoms with Gasteiger partial charge in [0, 0.05) is 12.6 Å². The normalized spacial score (nSPS) is 10.4. The van der Waals surface area contributed by atoms with Crippen LogP contribution >= 0.6 is 34.8 Å². The average molecular weight is 333 g/mol. The molecule has 0 aliphatic heterocycles. The van der Waals surface area contributed by atoms with Gasteiger partial charge >= 0.3 is 0 Å². The molecular formula is C13H12Cl3N3O. The van der Waals surface area contributed by atoms with E-state index >= 15 is 0 Å². The zero-order valence-electron chi connectivity index (χ0n) is 10.9. The molecule has 1 aromatic heterocycles. The fraction of sp³-hybridized carbons (Fsp3) is 0.231. The number of anilines is 1. The van der Waals surface area contributed by atoms with Crippen molar-refractivity contribution in [3.05, 3.63) is 39.1 Å². The Morgan fingerprint density at radius 2 is 1.80 bits per heavy atom. The molecule has 1 heterocycles. The monoisotopic (exact) mass is 331 g/mol. The lowest BCUT2D eigenvalue weighted by Crippen LogP contribution is -2.03. The Morgan fingerprint density at radius 3 is 2.50 bits per heavy atom. The van der Waals surface area contributed by atoms with E-state index in [1.54, 1.807) is 6.07 Å². The van der Waals surface area contributed by atoms with Crippen molar-refractivity contribution in [3.8, 4) is 11.6 Å². The third-order valence-corrected chi connectivity index (χ3v) is 3.58. The van der Waals surface area contributed by atoms with Crippen LogP contribution in [0.5, 0.6) is 11.6 Å². The van der Waals surface area contributed by atoms with E-state index in [0.29, 0.717) is 32.5 Å². The number of benzene rings is 1. The molecule has 0 atom stereocenters. The van der Waals surface area contributed by atoms with E-state index in [0.717, 1.165) is 12.1 Å². The Kier molecular flexibility index (Phi) is 4.91. The molecule has 0 spiro atoms. The summed E-state index contributed by atoms with van der Waals surface area (Å²) in [5.41, 5.74) is 0.788. The summed E-state index contributed by atoms with van der Waals surface area (Å²) >= 11 is 17.9. The molecule has 0 fully saturated rings. The third kappa shape index (κ3) is 3.26. The molecule has 106 valence electrons. The van der Waals surface area contributed by atoms with E-state index in [1.165, 1.54) is 12.4 Å². The zero-order chi connectivity index (χ0) is 14.7. The van der Waals surface area contributed by atoms with Crippen LogP contribution in [-0.4, -0.2) is 16.5 Å². The van der Waals surface area contributed by atoms with Crippen LogP contribution in [0.4, 0.5) is 5.82 Å². The fourth-order valence-electron chi connectivity index (χ4n) is 1.57. The van der Waals surface area contributed by atoms with Crippen molar-refractivity contribution in [1.82, 2.24) is 9.97 Å². The van der Waals surface area contributed by atoms with Gasteiger partial charge in [-0.1, -0.05) is 34.8 Å². The second-order valence-corrected chi connectivity index (χ2v) is 5.20. The largest absolute Gasteiger partial charge is 0.437 e. The van der Waals surface area contributed by atoms with Crippen molar-refractivity contribution in [2.24, 2.45) is 0 Å². The van der Waals surface area contributed by atoms with Gasteiger partial charge in [0.15, 0.2) is 0 Å². The summed E-state index contributed by atoms with van der Waals surface area (Å²) in [7, 11) is 0. The number of nitrogens with zero attached hydrogens (tertiary/aromatic N) is 2. The highest BCUT2D eigenvalue weighted by Gasteiger charge is 2.12. The van der Waals surface area contributed by atoms with Crippen LogP contribution in [0.2, 0.25) is 15.1 Å². The minimum atomic E-state index is 0.363. The first-order chi connectivity index (χ1) is 9.52. The first-order valence-electron chi connectivity index (χ1n) is 5.90. The van der Waals surface area contributed by atoms with E-state index in [4.69, 9.17) is 39.5 Å². The van der Waals surface area contributed by atoms with Crippen molar-refractivity contribution < 1.29 is 4.74 Å². The second kappa shape index (κ2) is 6.48. The number of hydrogen-bond donors (Lipinski definition) is 1. The quantitative estimate of drug-likeness (QED) is 0.803. The van der Waals surface area contributed by atoms with Crippen molar-refractivity contribution in [1.29, 1.82) is 0 Å². The van der Waals surface area contributed by atoms with Gasteiger partial charge in [-0.15, -0.1) is 0 Å². The van der Waals surface area contributed by atoms with Crippen LogP contribution < -0.4 is 10.1 Å². The minimum absolute atomic E-state index is 0.363. The van der Waals surface area contributed by atoms with Gasteiger partial charge in [0.25, 0.3) is 0 Å². The van der Waals surface area contributed by atoms with E-state index in [1.807, 2.05) is 13.8 Å². The molecule has 20 heavy (non-hydrogen) atoms. The maximum Gasteiger partial charge on any atom is 0.227 e. The maximum absolute atomic E-state index is 6.08. The summed E-state index contributed by atoms with van der Waals surface area (Å²) < 4.78 is 5.70. The van der Waals surface area contributed by atoms with Crippen molar-refractivity contribution >= 4 is 40.6 Å². The van der Waals surface area contributed by atoms with Gasteiger partial charge < -0.3 is 10.1 Å². The van der Waals surface area contributed by atoms with Gasteiger partial charge in [0.1, 0.15) is 17.9 Å². The van der Waals surface area contributed by atoms with E-state index in [9.17, 15) is 0 Å². The van der Waals surface area contributed by atoms with Crippen molar-refractivity contribution in [2.45, 2.75) is 13.8 Å². The van der Waals surface area contributed by atoms with Gasteiger partial charge in [-0.25, -0.2) is 9.97 Å². The smallest absolute Gasteiger partial charge is 0.227 e. The molecule has 1 N–H and O–H groups in total. The molecule has 2 aromatic rings. The number of halogens is 3. The van der Waals surface area contributed by atoms with Gasteiger partial charge in [0.05, 0.1) is 20.6 Å².